The lowest BCUT2D eigenvalue weighted by atomic mass is 10.1. The first-order chi connectivity index (χ1) is 19.4. The molecule has 1 fully saturated rings. The van der Waals surface area contributed by atoms with Crippen molar-refractivity contribution in [1.29, 1.82) is 0 Å². The average Bonchev–Trinajstić information content (AvgIpc) is 3.29. The van der Waals surface area contributed by atoms with Gasteiger partial charge in [0, 0.05) is 45.4 Å². The SMILES string of the molecule is CCCc1nn(C)c2c(=O)[nH]c(-c3cc(OC4CCN(c5ncc(C(=O)NO)cn5)CC4)ccc3OCC)nc12. The second-order valence-corrected chi connectivity index (χ2v) is 9.54. The number of nitrogens with zero attached hydrogens (tertiary/aromatic N) is 6. The highest BCUT2D eigenvalue weighted by molar-refractivity contribution is 5.92. The van der Waals surface area contributed by atoms with Crippen LogP contribution in [-0.2, 0) is 13.5 Å². The zero-order valence-corrected chi connectivity index (χ0v) is 22.7. The molecule has 1 amide bonds. The van der Waals surface area contributed by atoms with E-state index in [1.54, 1.807) is 17.2 Å². The molecular weight excluding hydrogens is 516 g/mol. The zero-order valence-electron chi connectivity index (χ0n) is 22.7. The molecule has 0 radical (unpaired) electrons. The number of piperidine rings is 1. The van der Waals surface area contributed by atoms with E-state index in [2.05, 4.69) is 27.0 Å². The van der Waals surface area contributed by atoms with E-state index in [9.17, 15) is 9.59 Å². The number of carbonyl (C=O) groups excluding carboxylic acids is 1. The van der Waals surface area contributed by atoms with Crippen LogP contribution in [0.3, 0.4) is 0 Å². The van der Waals surface area contributed by atoms with Gasteiger partial charge in [-0.15, -0.1) is 0 Å². The van der Waals surface area contributed by atoms with Crippen molar-refractivity contribution in [2.75, 3.05) is 24.6 Å². The molecule has 0 bridgehead atoms. The van der Waals surface area contributed by atoms with Gasteiger partial charge in [0.15, 0.2) is 5.52 Å². The fraction of sp³-hybridized carbons (Fsp3) is 0.407. The summed E-state index contributed by atoms with van der Waals surface area (Å²) < 4.78 is 13.8. The summed E-state index contributed by atoms with van der Waals surface area (Å²) in [5, 5.41) is 13.3. The Morgan fingerprint density at radius 3 is 2.62 bits per heavy atom. The number of aromatic amines is 1. The number of aryl methyl sites for hydroxylation is 2. The fourth-order valence-electron chi connectivity index (χ4n) is 4.86. The van der Waals surface area contributed by atoms with Gasteiger partial charge in [0.2, 0.25) is 5.95 Å². The Morgan fingerprint density at radius 2 is 1.95 bits per heavy atom. The Bertz CT molecular complexity index is 1560. The predicted octanol–water partition coefficient (Wildman–Crippen LogP) is 2.63. The van der Waals surface area contributed by atoms with E-state index in [0.717, 1.165) is 31.4 Å². The molecule has 40 heavy (non-hydrogen) atoms. The van der Waals surface area contributed by atoms with Crippen LogP contribution in [0.25, 0.3) is 22.4 Å². The van der Waals surface area contributed by atoms with Crippen LogP contribution >= 0.6 is 0 Å². The van der Waals surface area contributed by atoms with E-state index in [1.807, 2.05) is 30.0 Å². The molecule has 1 aliphatic rings. The first-order valence-electron chi connectivity index (χ1n) is 13.3. The minimum absolute atomic E-state index is 0.0366. The Hall–Kier alpha value is -4.52. The van der Waals surface area contributed by atoms with Crippen molar-refractivity contribution >= 4 is 22.9 Å². The molecule has 0 saturated carbocycles. The van der Waals surface area contributed by atoms with Crippen LogP contribution in [0.4, 0.5) is 5.95 Å². The largest absolute Gasteiger partial charge is 0.493 e. The quantitative estimate of drug-likeness (QED) is 0.209. The number of ether oxygens (including phenoxy) is 2. The van der Waals surface area contributed by atoms with Crippen LogP contribution in [0.2, 0.25) is 0 Å². The van der Waals surface area contributed by atoms with Crippen LogP contribution in [0.5, 0.6) is 11.5 Å². The summed E-state index contributed by atoms with van der Waals surface area (Å²) in [6.45, 7) is 5.77. The van der Waals surface area contributed by atoms with Crippen molar-refractivity contribution in [2.45, 2.75) is 45.6 Å². The van der Waals surface area contributed by atoms with Crippen molar-refractivity contribution in [3.63, 3.8) is 0 Å². The van der Waals surface area contributed by atoms with E-state index >= 15 is 0 Å². The monoisotopic (exact) mass is 548 g/mol. The number of hydrogen-bond donors (Lipinski definition) is 3. The van der Waals surface area contributed by atoms with Crippen molar-refractivity contribution in [3.05, 3.63) is 52.2 Å². The number of fused-ring (bicyclic) bond motifs is 1. The van der Waals surface area contributed by atoms with E-state index in [0.29, 0.717) is 59.6 Å². The highest BCUT2D eigenvalue weighted by Gasteiger charge is 2.24. The van der Waals surface area contributed by atoms with E-state index in [-0.39, 0.29) is 17.2 Å². The van der Waals surface area contributed by atoms with Gasteiger partial charge in [0.05, 0.1) is 23.4 Å². The molecular formula is C27H32N8O5. The number of aromatic nitrogens is 6. The highest BCUT2D eigenvalue weighted by Crippen LogP contribution is 2.33. The molecule has 0 atom stereocenters. The minimum atomic E-state index is -0.658. The van der Waals surface area contributed by atoms with Gasteiger partial charge in [-0.1, -0.05) is 13.3 Å². The third kappa shape index (κ3) is 5.45. The number of amides is 1. The highest BCUT2D eigenvalue weighted by atomic mass is 16.5. The summed E-state index contributed by atoms with van der Waals surface area (Å²) >= 11 is 0. The molecule has 0 unspecified atom stereocenters. The Labute approximate surface area is 230 Å². The topological polar surface area (TPSA) is 160 Å². The predicted molar refractivity (Wildman–Crippen MR) is 147 cm³/mol. The van der Waals surface area contributed by atoms with Crippen molar-refractivity contribution < 1.29 is 19.5 Å². The Balaban J connectivity index is 1.35. The Morgan fingerprint density at radius 1 is 1.20 bits per heavy atom. The molecule has 1 saturated heterocycles. The van der Waals surface area contributed by atoms with Gasteiger partial charge in [-0.25, -0.2) is 20.4 Å². The molecule has 3 aromatic heterocycles. The number of rotatable bonds is 9. The van der Waals surface area contributed by atoms with Gasteiger partial charge in [-0.2, -0.15) is 5.10 Å². The Kier molecular flexibility index (Phi) is 7.91. The van der Waals surface area contributed by atoms with Gasteiger partial charge in [0.1, 0.15) is 28.9 Å². The number of H-pyrrole nitrogens is 1. The van der Waals surface area contributed by atoms with Crippen molar-refractivity contribution in [2.24, 2.45) is 7.05 Å². The molecule has 210 valence electrons. The lowest BCUT2D eigenvalue weighted by Crippen LogP contribution is -2.39. The molecule has 1 aliphatic heterocycles. The summed E-state index contributed by atoms with van der Waals surface area (Å²) in [5.41, 5.74) is 3.96. The fourth-order valence-corrected chi connectivity index (χ4v) is 4.86. The number of nitrogens with one attached hydrogen (secondary N) is 2. The molecule has 0 spiro atoms. The third-order valence-corrected chi connectivity index (χ3v) is 6.78. The second-order valence-electron chi connectivity index (χ2n) is 9.54. The first-order valence-corrected chi connectivity index (χ1v) is 13.3. The minimum Gasteiger partial charge on any atom is -0.493 e. The molecule has 3 N–H and O–H groups in total. The van der Waals surface area contributed by atoms with Crippen molar-refractivity contribution in [3.8, 4) is 22.9 Å². The van der Waals surface area contributed by atoms with E-state index in [1.165, 1.54) is 12.4 Å². The van der Waals surface area contributed by atoms with E-state index < -0.39 is 5.91 Å². The van der Waals surface area contributed by atoms with Gasteiger partial charge in [-0.3, -0.25) is 19.5 Å². The van der Waals surface area contributed by atoms with Gasteiger partial charge < -0.3 is 19.4 Å². The number of anilines is 1. The van der Waals surface area contributed by atoms with Crippen LogP contribution in [0.1, 0.15) is 49.2 Å². The number of hydrogen-bond acceptors (Lipinski definition) is 10. The molecule has 4 aromatic rings. The van der Waals surface area contributed by atoms with Crippen LogP contribution in [0.15, 0.2) is 35.4 Å². The molecule has 0 aliphatic carbocycles. The van der Waals surface area contributed by atoms with Crippen molar-refractivity contribution in [1.82, 2.24) is 35.2 Å². The third-order valence-electron chi connectivity index (χ3n) is 6.78. The lowest BCUT2D eigenvalue weighted by molar-refractivity contribution is 0.0705. The number of benzene rings is 1. The summed E-state index contributed by atoms with van der Waals surface area (Å²) in [7, 11) is 1.75. The zero-order chi connectivity index (χ0) is 28.2. The molecule has 5 rings (SSSR count). The normalized spacial score (nSPS) is 13.9. The molecule has 13 heteroatoms. The summed E-state index contributed by atoms with van der Waals surface area (Å²) in [6, 6.07) is 5.55. The number of hydroxylamine groups is 1. The lowest BCUT2D eigenvalue weighted by Gasteiger charge is -2.32. The summed E-state index contributed by atoms with van der Waals surface area (Å²) in [6.07, 6.45) is 5.81. The first kappa shape index (κ1) is 27.1. The maximum absolute atomic E-state index is 13.0. The van der Waals surface area contributed by atoms with Gasteiger partial charge in [0.25, 0.3) is 11.5 Å². The maximum Gasteiger partial charge on any atom is 0.277 e. The maximum atomic E-state index is 13.0. The number of carbonyl (C=O) groups is 1. The average molecular weight is 549 g/mol. The van der Waals surface area contributed by atoms with Gasteiger partial charge in [-0.05, 0) is 31.5 Å². The summed E-state index contributed by atoms with van der Waals surface area (Å²) in [5.74, 6) is 1.51. The molecule has 1 aromatic carbocycles. The molecule has 4 heterocycles. The van der Waals surface area contributed by atoms with Crippen LogP contribution in [-0.4, -0.2) is 66.6 Å². The van der Waals surface area contributed by atoms with Crippen LogP contribution in [0, 0.1) is 0 Å². The smallest absolute Gasteiger partial charge is 0.277 e. The van der Waals surface area contributed by atoms with Crippen LogP contribution < -0.4 is 25.4 Å². The van der Waals surface area contributed by atoms with E-state index in [4.69, 9.17) is 19.7 Å². The standard InChI is InChI=1S/C27H32N8O5/c1-4-6-20-22-23(34(3)32-20)26(37)31-24(30-22)19-13-18(7-8-21(19)39-5-2)40-17-9-11-35(12-10-17)27-28-14-16(15-29-27)25(36)33-38/h7-8,13-15,17,38H,4-6,9-12H2,1-3H3,(H,33,36)(H,30,31,37). The second kappa shape index (κ2) is 11.7. The molecule has 13 nitrogen and oxygen atoms in total. The summed E-state index contributed by atoms with van der Waals surface area (Å²) in [4.78, 5) is 42.8. The van der Waals surface area contributed by atoms with Gasteiger partial charge >= 0.3 is 0 Å².